The minimum Gasteiger partial charge on any atom is -0.449 e. The number of fused-ring (bicyclic) bond motifs is 1. The normalized spacial score (nSPS) is 15.6. The highest BCUT2D eigenvalue weighted by Crippen LogP contribution is 2.19. The number of urea groups is 1. The van der Waals surface area contributed by atoms with Gasteiger partial charge in [-0.1, -0.05) is 30.5 Å². The molecule has 1 fully saturated rings. The van der Waals surface area contributed by atoms with Gasteiger partial charge in [-0.2, -0.15) is 0 Å². The summed E-state index contributed by atoms with van der Waals surface area (Å²) in [6.07, 6.45) is 7.20. The maximum Gasteiger partial charge on any atom is 0.331 e. The molecule has 0 bridgehead atoms. The first-order chi connectivity index (χ1) is 13.4. The number of nitrogens with one attached hydrogen (secondary N) is 2. The molecule has 1 aliphatic rings. The average molecular weight is 405 g/mol. The molecule has 2 heterocycles. The van der Waals surface area contributed by atoms with Crippen LogP contribution in [0.3, 0.4) is 0 Å². The maximum absolute atomic E-state index is 12.0. The van der Waals surface area contributed by atoms with E-state index in [0.29, 0.717) is 11.3 Å². The van der Waals surface area contributed by atoms with Gasteiger partial charge in [-0.25, -0.2) is 14.6 Å². The van der Waals surface area contributed by atoms with Gasteiger partial charge in [0.2, 0.25) is 0 Å². The van der Waals surface area contributed by atoms with E-state index in [4.69, 9.17) is 16.3 Å². The van der Waals surface area contributed by atoms with E-state index in [9.17, 15) is 14.4 Å². The number of ether oxygens (including phenoxy) is 1. The van der Waals surface area contributed by atoms with Gasteiger partial charge in [-0.15, -0.1) is 0 Å². The molecule has 0 unspecified atom stereocenters. The van der Waals surface area contributed by atoms with E-state index in [1.54, 1.807) is 16.7 Å². The Morgan fingerprint density at radius 2 is 2.07 bits per heavy atom. The number of imide groups is 1. The zero-order valence-electron chi connectivity index (χ0n) is 15.4. The van der Waals surface area contributed by atoms with Crippen LogP contribution in [0.1, 0.15) is 38.3 Å². The van der Waals surface area contributed by atoms with Crippen molar-refractivity contribution in [3.63, 3.8) is 0 Å². The molecule has 1 saturated carbocycles. The first kappa shape index (κ1) is 19.9. The Balaban J connectivity index is 1.53. The number of hydrogen-bond acceptors (Lipinski definition) is 5. The molecule has 0 aromatic carbocycles. The summed E-state index contributed by atoms with van der Waals surface area (Å²) in [5, 5.41) is 5.16. The monoisotopic (exact) mass is 404 g/mol. The fraction of sp³-hybridized carbons (Fsp3) is 0.368. The predicted molar refractivity (Wildman–Crippen MR) is 104 cm³/mol. The number of esters is 1. The summed E-state index contributed by atoms with van der Waals surface area (Å²) in [7, 11) is 0. The lowest BCUT2D eigenvalue weighted by Gasteiger charge is -2.15. The van der Waals surface area contributed by atoms with E-state index >= 15 is 0 Å². The fourth-order valence-electron chi connectivity index (χ4n) is 3.05. The number of aromatic nitrogens is 2. The van der Waals surface area contributed by atoms with Crippen LogP contribution in [0.4, 0.5) is 4.79 Å². The molecule has 2 aromatic heterocycles. The van der Waals surface area contributed by atoms with Gasteiger partial charge in [0.05, 0.1) is 5.69 Å². The van der Waals surface area contributed by atoms with Crippen molar-refractivity contribution in [2.75, 3.05) is 0 Å². The SMILES string of the molecule is C[C@@H](OC(=O)/C=C/c1c(Cl)nc2ccccn12)C(=O)NC(=O)NC1CCCC1. The number of pyridine rings is 1. The largest absolute Gasteiger partial charge is 0.449 e. The first-order valence-corrected chi connectivity index (χ1v) is 9.44. The highest BCUT2D eigenvalue weighted by molar-refractivity contribution is 6.31. The van der Waals surface area contributed by atoms with Gasteiger partial charge in [0.25, 0.3) is 5.91 Å². The van der Waals surface area contributed by atoms with E-state index in [1.165, 1.54) is 13.0 Å². The Hall–Kier alpha value is -2.87. The average Bonchev–Trinajstić information content (AvgIpc) is 3.26. The van der Waals surface area contributed by atoms with Gasteiger partial charge >= 0.3 is 12.0 Å². The molecule has 2 aromatic rings. The third-order valence-corrected chi connectivity index (χ3v) is 4.77. The van der Waals surface area contributed by atoms with Gasteiger partial charge < -0.3 is 10.1 Å². The van der Waals surface area contributed by atoms with Crippen molar-refractivity contribution in [2.45, 2.75) is 44.8 Å². The molecule has 9 heteroatoms. The molecule has 2 N–H and O–H groups in total. The summed E-state index contributed by atoms with van der Waals surface area (Å²) in [5.41, 5.74) is 1.16. The number of carbonyl (C=O) groups is 3. The third-order valence-electron chi connectivity index (χ3n) is 4.49. The van der Waals surface area contributed by atoms with Crippen molar-refractivity contribution in [2.24, 2.45) is 0 Å². The van der Waals surface area contributed by atoms with Crippen LogP contribution in [0.25, 0.3) is 11.7 Å². The number of nitrogens with zero attached hydrogens (tertiary/aromatic N) is 2. The highest BCUT2D eigenvalue weighted by Gasteiger charge is 2.22. The molecule has 0 aliphatic heterocycles. The molecule has 0 radical (unpaired) electrons. The smallest absolute Gasteiger partial charge is 0.331 e. The first-order valence-electron chi connectivity index (χ1n) is 9.06. The minimum absolute atomic E-state index is 0.0869. The number of halogens is 1. The summed E-state index contributed by atoms with van der Waals surface area (Å²) in [6, 6.07) is 4.93. The van der Waals surface area contributed by atoms with Crippen LogP contribution in [0.5, 0.6) is 0 Å². The molecule has 0 spiro atoms. The number of carbonyl (C=O) groups excluding carboxylic acids is 3. The molecule has 148 valence electrons. The lowest BCUT2D eigenvalue weighted by molar-refractivity contribution is -0.149. The van der Waals surface area contributed by atoms with Crippen LogP contribution in [0.15, 0.2) is 30.5 Å². The van der Waals surface area contributed by atoms with Crippen LogP contribution >= 0.6 is 11.6 Å². The fourth-order valence-corrected chi connectivity index (χ4v) is 3.30. The third kappa shape index (κ3) is 4.89. The maximum atomic E-state index is 12.0. The topological polar surface area (TPSA) is 102 Å². The molecule has 3 rings (SSSR count). The molecule has 28 heavy (non-hydrogen) atoms. The molecule has 0 saturated heterocycles. The van der Waals surface area contributed by atoms with Gasteiger partial charge in [0.1, 0.15) is 5.65 Å². The second-order valence-electron chi connectivity index (χ2n) is 6.57. The number of amides is 3. The van der Waals surface area contributed by atoms with Crippen molar-refractivity contribution in [1.82, 2.24) is 20.0 Å². The molecular formula is C19H21ClN4O4. The quantitative estimate of drug-likeness (QED) is 0.589. The Bertz CT molecular complexity index is 918. The van der Waals surface area contributed by atoms with E-state index in [0.717, 1.165) is 31.8 Å². The highest BCUT2D eigenvalue weighted by atomic mass is 35.5. The summed E-state index contributed by atoms with van der Waals surface area (Å²) in [6.45, 7) is 1.39. The van der Waals surface area contributed by atoms with Crippen LogP contribution < -0.4 is 10.6 Å². The van der Waals surface area contributed by atoms with Gasteiger partial charge in [0, 0.05) is 18.3 Å². The van der Waals surface area contributed by atoms with E-state index in [-0.39, 0.29) is 11.2 Å². The summed E-state index contributed by atoms with van der Waals surface area (Å²) in [4.78, 5) is 40.0. The van der Waals surface area contributed by atoms with E-state index < -0.39 is 24.0 Å². The predicted octanol–water partition coefficient (Wildman–Crippen LogP) is 2.70. The van der Waals surface area contributed by atoms with Crippen molar-refractivity contribution in [3.8, 4) is 0 Å². The summed E-state index contributed by atoms with van der Waals surface area (Å²) >= 11 is 6.09. The van der Waals surface area contributed by atoms with Crippen molar-refractivity contribution in [3.05, 3.63) is 41.3 Å². The molecule has 1 atom stereocenters. The molecule has 8 nitrogen and oxygen atoms in total. The number of rotatable bonds is 5. The van der Waals surface area contributed by atoms with E-state index in [2.05, 4.69) is 15.6 Å². The van der Waals surface area contributed by atoms with Crippen molar-refractivity contribution >= 4 is 41.2 Å². The lowest BCUT2D eigenvalue weighted by Crippen LogP contribution is -2.47. The van der Waals surface area contributed by atoms with Crippen LogP contribution in [-0.4, -0.2) is 39.4 Å². The van der Waals surface area contributed by atoms with E-state index in [1.807, 2.05) is 12.1 Å². The second kappa shape index (κ2) is 8.88. The Morgan fingerprint density at radius 1 is 1.32 bits per heavy atom. The molecule has 3 amide bonds. The van der Waals surface area contributed by atoms with Gasteiger partial charge in [-0.05, 0) is 38.0 Å². The Morgan fingerprint density at radius 3 is 2.82 bits per heavy atom. The van der Waals surface area contributed by atoms with Crippen LogP contribution in [0.2, 0.25) is 5.15 Å². The summed E-state index contributed by atoms with van der Waals surface area (Å²) < 4.78 is 6.76. The number of imidazole rings is 1. The Kier molecular flexibility index (Phi) is 6.30. The van der Waals surface area contributed by atoms with Crippen molar-refractivity contribution < 1.29 is 19.1 Å². The minimum atomic E-state index is -1.12. The lowest BCUT2D eigenvalue weighted by atomic mass is 10.2. The zero-order chi connectivity index (χ0) is 20.1. The van der Waals surface area contributed by atoms with Gasteiger partial charge in [0.15, 0.2) is 11.3 Å². The molecule has 1 aliphatic carbocycles. The van der Waals surface area contributed by atoms with Crippen LogP contribution in [-0.2, 0) is 14.3 Å². The van der Waals surface area contributed by atoms with Crippen LogP contribution in [0, 0.1) is 0 Å². The zero-order valence-corrected chi connectivity index (χ0v) is 16.1. The van der Waals surface area contributed by atoms with Crippen molar-refractivity contribution in [1.29, 1.82) is 0 Å². The standard InChI is InChI=1S/C19H21ClN4O4/c1-12(18(26)23-19(27)21-13-6-2-3-7-13)28-16(25)10-9-14-17(20)22-15-8-4-5-11-24(14)15/h4-5,8-13H,2-3,6-7H2,1H3,(H2,21,23,26,27)/b10-9+/t12-/m1/s1. The summed E-state index contributed by atoms with van der Waals surface area (Å²) in [5.74, 6) is -1.43. The Labute approximate surface area is 166 Å². The van der Waals surface area contributed by atoms with Gasteiger partial charge in [-0.3, -0.25) is 14.5 Å². The number of hydrogen-bond donors (Lipinski definition) is 2. The second-order valence-corrected chi connectivity index (χ2v) is 6.93. The molecular weight excluding hydrogens is 384 g/mol.